The lowest BCUT2D eigenvalue weighted by atomic mass is 10.0. The summed E-state index contributed by atoms with van der Waals surface area (Å²) >= 11 is 0. The summed E-state index contributed by atoms with van der Waals surface area (Å²) in [5, 5.41) is 10.4. The number of rotatable bonds is 2. The minimum Gasteiger partial charge on any atom is -0.444 e. The fourth-order valence-corrected chi connectivity index (χ4v) is 2.22. The quantitative estimate of drug-likeness (QED) is 0.909. The number of aliphatic hydroxyl groups is 1. The molecule has 1 aliphatic rings. The fraction of sp³-hybridized carbons (Fsp3) is 0.562. The van der Waals surface area contributed by atoms with Crippen LogP contribution >= 0.6 is 0 Å². The van der Waals surface area contributed by atoms with Crippen LogP contribution in [0.4, 0.5) is 4.79 Å². The maximum Gasteiger partial charge on any atom is 0.410 e. The molecule has 0 radical (unpaired) electrons. The summed E-state index contributed by atoms with van der Waals surface area (Å²) in [6, 6.07) is 9.33. The molecule has 1 saturated heterocycles. The average molecular weight is 293 g/mol. The van der Waals surface area contributed by atoms with E-state index in [1.165, 1.54) is 0 Å². The Balaban J connectivity index is 1.99. The van der Waals surface area contributed by atoms with Crippen LogP contribution in [0.1, 0.15) is 32.4 Å². The number of carbonyl (C=O) groups is 1. The van der Waals surface area contributed by atoms with Gasteiger partial charge in [-0.15, -0.1) is 0 Å². The highest BCUT2D eigenvalue weighted by molar-refractivity contribution is 5.68. The van der Waals surface area contributed by atoms with Gasteiger partial charge in [-0.05, 0) is 26.3 Å². The molecule has 5 nitrogen and oxygen atoms in total. The smallest absolute Gasteiger partial charge is 0.410 e. The van der Waals surface area contributed by atoms with E-state index in [1.54, 1.807) is 4.90 Å². The Labute approximate surface area is 125 Å². The Morgan fingerprint density at radius 2 is 2.05 bits per heavy atom. The van der Waals surface area contributed by atoms with Crippen molar-refractivity contribution in [2.75, 3.05) is 19.7 Å². The van der Waals surface area contributed by atoms with Crippen LogP contribution in [0.15, 0.2) is 30.3 Å². The number of nitrogens with zero attached hydrogens (tertiary/aromatic N) is 1. The lowest BCUT2D eigenvalue weighted by molar-refractivity contribution is -0.0908. The van der Waals surface area contributed by atoms with Crippen molar-refractivity contribution in [2.45, 2.75) is 38.6 Å². The van der Waals surface area contributed by atoms with Crippen molar-refractivity contribution >= 4 is 6.09 Å². The van der Waals surface area contributed by atoms with Crippen molar-refractivity contribution < 1.29 is 19.4 Å². The van der Waals surface area contributed by atoms with Crippen molar-refractivity contribution in [1.29, 1.82) is 0 Å². The van der Waals surface area contributed by atoms with Gasteiger partial charge in [-0.1, -0.05) is 30.3 Å². The maximum absolute atomic E-state index is 12.1. The molecule has 1 unspecified atom stereocenters. The van der Waals surface area contributed by atoms with E-state index in [0.29, 0.717) is 19.7 Å². The van der Waals surface area contributed by atoms with E-state index in [-0.39, 0.29) is 6.09 Å². The van der Waals surface area contributed by atoms with Gasteiger partial charge in [-0.25, -0.2) is 4.79 Å². The van der Waals surface area contributed by atoms with E-state index in [0.717, 1.165) is 5.56 Å². The van der Waals surface area contributed by atoms with Crippen molar-refractivity contribution in [1.82, 2.24) is 4.90 Å². The molecule has 5 heteroatoms. The predicted molar refractivity (Wildman–Crippen MR) is 78.9 cm³/mol. The molecule has 1 amide bonds. The molecule has 0 aliphatic carbocycles. The molecule has 1 heterocycles. The number of benzene rings is 1. The maximum atomic E-state index is 12.1. The Morgan fingerprint density at radius 3 is 2.67 bits per heavy atom. The van der Waals surface area contributed by atoms with Crippen LogP contribution in [0.5, 0.6) is 0 Å². The van der Waals surface area contributed by atoms with Crippen molar-refractivity contribution in [2.24, 2.45) is 0 Å². The fourth-order valence-electron chi connectivity index (χ4n) is 2.22. The second kappa shape index (κ2) is 6.45. The van der Waals surface area contributed by atoms with Gasteiger partial charge in [0.25, 0.3) is 0 Å². The first kappa shape index (κ1) is 15.8. The van der Waals surface area contributed by atoms with Crippen molar-refractivity contribution in [3.8, 4) is 0 Å². The summed E-state index contributed by atoms with van der Waals surface area (Å²) in [4.78, 5) is 13.7. The highest BCUT2D eigenvalue weighted by atomic mass is 16.6. The standard InChI is InChI=1S/C16H23NO4/c1-16(2,3)21-15(19)17-9-10-20-13(11-17)14(18)12-7-5-4-6-8-12/h4-8,13-14,18H,9-11H2,1-3H3/t13-,14?/m0/s1. The first-order valence-corrected chi connectivity index (χ1v) is 7.19. The van der Waals surface area contributed by atoms with Gasteiger partial charge in [0.1, 0.15) is 17.8 Å². The molecule has 1 N–H and O–H groups in total. The molecule has 1 aliphatic heterocycles. The Morgan fingerprint density at radius 1 is 1.38 bits per heavy atom. The molecule has 2 atom stereocenters. The van der Waals surface area contributed by atoms with Crippen LogP contribution in [0.3, 0.4) is 0 Å². The van der Waals surface area contributed by atoms with Crippen molar-refractivity contribution in [3.05, 3.63) is 35.9 Å². The molecule has 1 aromatic carbocycles. The predicted octanol–water partition coefficient (Wildman–Crippen LogP) is 2.36. The van der Waals surface area contributed by atoms with Gasteiger partial charge in [-0.3, -0.25) is 0 Å². The van der Waals surface area contributed by atoms with Crippen LogP contribution in [-0.4, -0.2) is 47.5 Å². The molecule has 21 heavy (non-hydrogen) atoms. The third-order valence-corrected chi connectivity index (χ3v) is 3.24. The summed E-state index contributed by atoms with van der Waals surface area (Å²) in [7, 11) is 0. The lowest BCUT2D eigenvalue weighted by Gasteiger charge is -2.36. The van der Waals surface area contributed by atoms with Gasteiger partial charge in [-0.2, -0.15) is 0 Å². The third-order valence-electron chi connectivity index (χ3n) is 3.24. The van der Waals surface area contributed by atoms with E-state index in [1.807, 2.05) is 51.1 Å². The Hall–Kier alpha value is -1.59. The van der Waals surface area contributed by atoms with Gasteiger partial charge in [0.2, 0.25) is 0 Å². The summed E-state index contributed by atoms with van der Waals surface area (Å²) in [5.41, 5.74) is 0.261. The molecule has 2 rings (SSSR count). The molecule has 0 bridgehead atoms. The van der Waals surface area contributed by atoms with E-state index >= 15 is 0 Å². The summed E-state index contributed by atoms with van der Waals surface area (Å²) in [5.74, 6) is 0. The second-order valence-electron chi connectivity index (χ2n) is 6.19. The van der Waals surface area contributed by atoms with E-state index in [4.69, 9.17) is 9.47 Å². The van der Waals surface area contributed by atoms with Crippen LogP contribution in [0.2, 0.25) is 0 Å². The van der Waals surface area contributed by atoms with Crippen LogP contribution in [-0.2, 0) is 9.47 Å². The number of hydrogen-bond donors (Lipinski definition) is 1. The average Bonchev–Trinajstić information content (AvgIpc) is 2.46. The lowest BCUT2D eigenvalue weighted by Crippen LogP contribution is -2.49. The molecule has 1 fully saturated rings. The van der Waals surface area contributed by atoms with Gasteiger partial charge in [0.05, 0.1) is 13.2 Å². The zero-order chi connectivity index (χ0) is 15.5. The number of carbonyl (C=O) groups excluding carboxylic acids is 1. The molecule has 1 aromatic rings. The monoisotopic (exact) mass is 293 g/mol. The first-order chi connectivity index (χ1) is 9.87. The van der Waals surface area contributed by atoms with Gasteiger partial charge >= 0.3 is 6.09 Å². The highest BCUT2D eigenvalue weighted by Gasteiger charge is 2.32. The number of ether oxygens (including phenoxy) is 2. The number of hydrogen-bond acceptors (Lipinski definition) is 4. The van der Waals surface area contributed by atoms with E-state index in [2.05, 4.69) is 0 Å². The SMILES string of the molecule is CC(C)(C)OC(=O)N1CCO[C@H](C(O)c2ccccc2)C1. The summed E-state index contributed by atoms with van der Waals surface area (Å²) in [6.07, 6.45) is -1.55. The first-order valence-electron chi connectivity index (χ1n) is 7.19. The number of aliphatic hydroxyl groups excluding tert-OH is 1. The highest BCUT2D eigenvalue weighted by Crippen LogP contribution is 2.23. The zero-order valence-corrected chi connectivity index (χ0v) is 12.8. The van der Waals surface area contributed by atoms with Crippen LogP contribution in [0.25, 0.3) is 0 Å². The van der Waals surface area contributed by atoms with Gasteiger partial charge in [0, 0.05) is 6.54 Å². The number of morpholine rings is 1. The molecule has 0 spiro atoms. The Kier molecular flexibility index (Phi) is 4.85. The second-order valence-corrected chi connectivity index (χ2v) is 6.19. The summed E-state index contributed by atoms with van der Waals surface area (Å²) in [6.45, 7) is 6.70. The van der Waals surface area contributed by atoms with Crippen molar-refractivity contribution in [3.63, 3.8) is 0 Å². The Bertz CT molecular complexity index is 469. The largest absolute Gasteiger partial charge is 0.444 e. The molecule has 0 aromatic heterocycles. The molecular formula is C16H23NO4. The van der Waals surface area contributed by atoms with E-state index in [9.17, 15) is 9.90 Å². The topological polar surface area (TPSA) is 59.0 Å². The third kappa shape index (κ3) is 4.44. The normalized spacial score (nSPS) is 21.0. The molecule has 0 saturated carbocycles. The van der Waals surface area contributed by atoms with E-state index < -0.39 is 17.8 Å². The zero-order valence-electron chi connectivity index (χ0n) is 12.8. The van der Waals surface area contributed by atoms with Gasteiger partial charge in [0.15, 0.2) is 0 Å². The van der Waals surface area contributed by atoms with Gasteiger partial charge < -0.3 is 19.5 Å². The van der Waals surface area contributed by atoms with Crippen LogP contribution in [0, 0.1) is 0 Å². The minimum atomic E-state index is -0.753. The summed E-state index contributed by atoms with van der Waals surface area (Å²) < 4.78 is 11.0. The molecular weight excluding hydrogens is 270 g/mol. The minimum absolute atomic E-state index is 0.324. The molecule has 116 valence electrons. The van der Waals surface area contributed by atoms with Crippen LogP contribution < -0.4 is 0 Å². The number of amides is 1.